The van der Waals surface area contributed by atoms with Crippen molar-refractivity contribution >= 4 is 23.4 Å². The van der Waals surface area contributed by atoms with Crippen molar-refractivity contribution in [2.24, 2.45) is 0 Å². The Bertz CT molecular complexity index is 333. The van der Waals surface area contributed by atoms with Gasteiger partial charge in [0.1, 0.15) is 0 Å². The van der Waals surface area contributed by atoms with Gasteiger partial charge >= 0.3 is 0 Å². The molecule has 0 aliphatic heterocycles. The summed E-state index contributed by atoms with van der Waals surface area (Å²) in [5, 5.41) is 13.2. The predicted octanol–water partition coefficient (Wildman–Crippen LogP) is 2.92. The third-order valence-electron chi connectivity index (χ3n) is 2.18. The van der Waals surface area contributed by atoms with Gasteiger partial charge in [-0.3, -0.25) is 0 Å². The number of thioether (sulfide) groups is 1. The molecule has 0 amide bonds. The summed E-state index contributed by atoms with van der Waals surface area (Å²) in [5.41, 5.74) is 1.12. The highest BCUT2D eigenvalue weighted by atomic mass is 35.5. The smallest absolute Gasteiger partial charge is 0.0550 e. The molecule has 16 heavy (non-hydrogen) atoms. The number of nitrogens with one attached hydrogen (secondary N) is 1. The second-order valence-electron chi connectivity index (χ2n) is 3.64. The predicted molar refractivity (Wildman–Crippen MR) is 71.2 cm³/mol. The van der Waals surface area contributed by atoms with Gasteiger partial charge in [-0.1, -0.05) is 31.5 Å². The maximum atomic E-state index is 8.97. The zero-order valence-electron chi connectivity index (χ0n) is 9.66. The Kier molecular flexibility index (Phi) is 6.21. The van der Waals surface area contributed by atoms with Crippen LogP contribution in [-0.2, 0) is 6.54 Å². The maximum Gasteiger partial charge on any atom is 0.0550 e. The average molecular weight is 260 g/mol. The lowest BCUT2D eigenvalue weighted by molar-refractivity contribution is 0.300. The normalized spacial score (nSPS) is 12.8. The van der Waals surface area contributed by atoms with Gasteiger partial charge in [0.15, 0.2) is 0 Å². The van der Waals surface area contributed by atoms with Gasteiger partial charge in [0, 0.05) is 21.7 Å². The SMILES string of the molecule is CCNCc1ccc(SC(C)CO)cc1Cl. The van der Waals surface area contributed by atoms with Gasteiger partial charge in [-0.25, -0.2) is 0 Å². The molecule has 0 aliphatic rings. The first-order valence-electron chi connectivity index (χ1n) is 5.44. The highest BCUT2D eigenvalue weighted by Gasteiger charge is 2.05. The first kappa shape index (κ1) is 13.8. The van der Waals surface area contributed by atoms with Crippen molar-refractivity contribution in [2.45, 2.75) is 30.5 Å². The van der Waals surface area contributed by atoms with Gasteiger partial charge in [0.05, 0.1) is 6.61 Å². The summed E-state index contributed by atoms with van der Waals surface area (Å²) < 4.78 is 0. The molecule has 1 atom stereocenters. The van der Waals surface area contributed by atoms with Crippen LogP contribution in [0.5, 0.6) is 0 Å². The fraction of sp³-hybridized carbons (Fsp3) is 0.500. The lowest BCUT2D eigenvalue weighted by atomic mass is 10.2. The molecule has 0 saturated heterocycles. The van der Waals surface area contributed by atoms with Gasteiger partial charge in [-0.05, 0) is 24.2 Å². The van der Waals surface area contributed by atoms with Crippen LogP contribution in [0.15, 0.2) is 23.1 Å². The second-order valence-corrected chi connectivity index (χ2v) is 5.56. The Hall–Kier alpha value is -0.220. The molecule has 4 heteroatoms. The van der Waals surface area contributed by atoms with E-state index in [2.05, 4.69) is 18.3 Å². The Balaban J connectivity index is 2.66. The van der Waals surface area contributed by atoms with Crippen molar-refractivity contribution in [1.29, 1.82) is 0 Å². The fourth-order valence-corrected chi connectivity index (χ4v) is 2.46. The van der Waals surface area contributed by atoms with E-state index >= 15 is 0 Å². The van der Waals surface area contributed by atoms with E-state index < -0.39 is 0 Å². The van der Waals surface area contributed by atoms with Gasteiger partial charge in [0.25, 0.3) is 0 Å². The van der Waals surface area contributed by atoms with Crippen molar-refractivity contribution in [2.75, 3.05) is 13.2 Å². The maximum absolute atomic E-state index is 8.97. The number of aliphatic hydroxyl groups is 1. The summed E-state index contributed by atoms with van der Waals surface area (Å²) in [6, 6.07) is 6.05. The van der Waals surface area contributed by atoms with Crippen LogP contribution in [-0.4, -0.2) is 23.5 Å². The molecule has 2 nitrogen and oxygen atoms in total. The van der Waals surface area contributed by atoms with Crippen LogP contribution >= 0.6 is 23.4 Å². The van der Waals surface area contributed by atoms with Crippen molar-refractivity contribution in [3.8, 4) is 0 Å². The summed E-state index contributed by atoms with van der Waals surface area (Å²) in [6.45, 7) is 5.98. The van der Waals surface area contributed by atoms with E-state index in [1.807, 2.05) is 19.1 Å². The molecule has 1 rings (SSSR count). The number of hydrogen-bond donors (Lipinski definition) is 2. The average Bonchev–Trinajstić information content (AvgIpc) is 2.28. The molecule has 1 aromatic carbocycles. The molecule has 0 heterocycles. The quantitative estimate of drug-likeness (QED) is 0.771. The molecular weight excluding hydrogens is 242 g/mol. The van der Waals surface area contributed by atoms with E-state index in [4.69, 9.17) is 16.7 Å². The number of benzene rings is 1. The molecule has 1 unspecified atom stereocenters. The van der Waals surface area contributed by atoms with Crippen LogP contribution in [0.4, 0.5) is 0 Å². The Morgan fingerprint density at radius 2 is 2.25 bits per heavy atom. The van der Waals surface area contributed by atoms with Crippen LogP contribution in [0.3, 0.4) is 0 Å². The first-order valence-corrected chi connectivity index (χ1v) is 6.69. The minimum absolute atomic E-state index is 0.182. The first-order chi connectivity index (χ1) is 7.67. The molecule has 0 fully saturated rings. The molecule has 2 N–H and O–H groups in total. The van der Waals surface area contributed by atoms with E-state index in [9.17, 15) is 0 Å². The lowest BCUT2D eigenvalue weighted by Crippen LogP contribution is -2.12. The van der Waals surface area contributed by atoms with Crippen LogP contribution in [0.25, 0.3) is 0 Å². The van der Waals surface area contributed by atoms with Gasteiger partial charge in [-0.15, -0.1) is 11.8 Å². The number of hydrogen-bond acceptors (Lipinski definition) is 3. The van der Waals surface area contributed by atoms with Crippen molar-refractivity contribution in [1.82, 2.24) is 5.32 Å². The second kappa shape index (κ2) is 7.17. The minimum atomic E-state index is 0.182. The monoisotopic (exact) mass is 259 g/mol. The van der Waals surface area contributed by atoms with Crippen LogP contribution in [0, 0.1) is 0 Å². The van der Waals surface area contributed by atoms with Gasteiger partial charge in [0.2, 0.25) is 0 Å². The number of halogens is 1. The highest BCUT2D eigenvalue weighted by Crippen LogP contribution is 2.27. The molecule has 0 aromatic heterocycles. The zero-order chi connectivity index (χ0) is 12.0. The Morgan fingerprint density at radius 3 is 2.81 bits per heavy atom. The lowest BCUT2D eigenvalue weighted by Gasteiger charge is -2.10. The topological polar surface area (TPSA) is 32.3 Å². The fourth-order valence-electron chi connectivity index (χ4n) is 1.27. The summed E-state index contributed by atoms with van der Waals surface area (Å²) in [4.78, 5) is 1.10. The van der Waals surface area contributed by atoms with E-state index in [-0.39, 0.29) is 11.9 Å². The summed E-state index contributed by atoms with van der Waals surface area (Å²) in [5.74, 6) is 0. The third kappa shape index (κ3) is 4.34. The summed E-state index contributed by atoms with van der Waals surface area (Å²) in [6.07, 6.45) is 0. The van der Waals surface area contributed by atoms with Crippen molar-refractivity contribution in [3.63, 3.8) is 0 Å². The van der Waals surface area contributed by atoms with E-state index in [1.165, 1.54) is 0 Å². The van der Waals surface area contributed by atoms with Gasteiger partial charge < -0.3 is 10.4 Å². The Labute approximate surface area is 106 Å². The Morgan fingerprint density at radius 1 is 1.50 bits per heavy atom. The molecule has 1 aromatic rings. The zero-order valence-corrected chi connectivity index (χ0v) is 11.2. The molecular formula is C12H18ClNOS. The van der Waals surface area contributed by atoms with Crippen molar-refractivity contribution < 1.29 is 5.11 Å². The molecule has 90 valence electrons. The van der Waals surface area contributed by atoms with E-state index in [1.54, 1.807) is 11.8 Å². The van der Waals surface area contributed by atoms with Crippen LogP contribution in [0.1, 0.15) is 19.4 Å². The third-order valence-corrected chi connectivity index (χ3v) is 3.61. The standard InChI is InChI=1S/C12H18ClNOS/c1-3-14-7-10-4-5-11(6-12(10)13)16-9(2)8-15/h4-6,9,14-15H,3,7-8H2,1-2H3. The van der Waals surface area contributed by atoms with Crippen LogP contribution in [0.2, 0.25) is 5.02 Å². The summed E-state index contributed by atoms with van der Waals surface area (Å²) in [7, 11) is 0. The van der Waals surface area contributed by atoms with Crippen LogP contribution < -0.4 is 5.32 Å². The van der Waals surface area contributed by atoms with E-state index in [0.29, 0.717) is 0 Å². The number of rotatable bonds is 6. The van der Waals surface area contributed by atoms with E-state index in [0.717, 1.165) is 28.6 Å². The number of aliphatic hydroxyl groups excluding tert-OH is 1. The molecule has 0 aliphatic carbocycles. The molecule has 0 radical (unpaired) electrons. The molecule has 0 saturated carbocycles. The van der Waals surface area contributed by atoms with Crippen molar-refractivity contribution in [3.05, 3.63) is 28.8 Å². The molecule has 0 spiro atoms. The largest absolute Gasteiger partial charge is 0.395 e. The van der Waals surface area contributed by atoms with Gasteiger partial charge in [-0.2, -0.15) is 0 Å². The summed E-state index contributed by atoms with van der Waals surface area (Å²) >= 11 is 7.81. The minimum Gasteiger partial charge on any atom is -0.395 e. The molecule has 0 bridgehead atoms. The highest BCUT2D eigenvalue weighted by molar-refractivity contribution is 8.00.